The Labute approximate surface area is 132 Å². The van der Waals surface area contributed by atoms with Gasteiger partial charge < -0.3 is 15.7 Å². The van der Waals surface area contributed by atoms with E-state index in [1.807, 2.05) is 18.2 Å². The average Bonchev–Trinajstić information content (AvgIpc) is 2.54. The van der Waals surface area contributed by atoms with Crippen LogP contribution in [0.2, 0.25) is 0 Å². The first-order chi connectivity index (χ1) is 10.9. The topological polar surface area (TPSA) is 125 Å². The largest absolute Gasteiger partial charge is 0.595 e. The smallest absolute Gasteiger partial charge is 0.231 e. The molecule has 0 aliphatic heterocycles. The van der Waals surface area contributed by atoms with Gasteiger partial charge >= 0.3 is 0 Å². The Morgan fingerprint density at radius 3 is 2.04 bits per heavy atom. The molecule has 0 saturated heterocycles. The van der Waals surface area contributed by atoms with E-state index in [4.69, 9.17) is 10.4 Å². The van der Waals surface area contributed by atoms with Crippen molar-refractivity contribution in [3.63, 3.8) is 0 Å². The zero-order valence-electron chi connectivity index (χ0n) is 12.3. The second-order valence-corrected chi connectivity index (χ2v) is 5.03. The molecule has 23 heavy (non-hydrogen) atoms. The molecule has 0 bridgehead atoms. The summed E-state index contributed by atoms with van der Waals surface area (Å²) < 4.78 is 0. The Balaban J connectivity index is 2.23. The molecule has 8 heteroatoms. The van der Waals surface area contributed by atoms with Gasteiger partial charge in [0.1, 0.15) is 0 Å². The number of benzene rings is 2. The quantitative estimate of drug-likeness (QED) is 0.505. The summed E-state index contributed by atoms with van der Waals surface area (Å²) in [6.07, 6.45) is 0. The van der Waals surface area contributed by atoms with Crippen molar-refractivity contribution in [1.29, 1.82) is 0 Å². The summed E-state index contributed by atoms with van der Waals surface area (Å²) in [5.74, 6) is -0.812. The van der Waals surface area contributed by atoms with Crippen molar-refractivity contribution in [2.24, 2.45) is 0 Å². The molecule has 2 aromatic rings. The molecule has 1 amide bonds. The van der Waals surface area contributed by atoms with Gasteiger partial charge in [-0.05, 0) is 12.5 Å². The first-order valence-electron chi connectivity index (χ1n) is 6.86. The van der Waals surface area contributed by atoms with Gasteiger partial charge in [0.15, 0.2) is 11.4 Å². The summed E-state index contributed by atoms with van der Waals surface area (Å²) in [7, 11) is 0. The van der Waals surface area contributed by atoms with Crippen LogP contribution in [0.25, 0.3) is 0 Å². The van der Waals surface area contributed by atoms with Gasteiger partial charge in [0, 0.05) is 12.1 Å². The minimum Gasteiger partial charge on any atom is -0.595 e. The molecule has 122 valence electrons. The third-order valence-electron chi connectivity index (χ3n) is 3.39. The molecule has 0 aliphatic rings. The zero-order chi connectivity index (χ0) is 17.0. The van der Waals surface area contributed by atoms with Gasteiger partial charge in [-0.1, -0.05) is 30.3 Å². The van der Waals surface area contributed by atoms with Crippen molar-refractivity contribution in [2.75, 3.05) is 5.32 Å². The van der Waals surface area contributed by atoms with Crippen molar-refractivity contribution in [3.05, 3.63) is 64.5 Å². The number of hydrogen-bond donors (Lipinski definition) is 5. The van der Waals surface area contributed by atoms with Gasteiger partial charge in [0.05, 0.1) is 17.7 Å². The highest BCUT2D eigenvalue weighted by molar-refractivity contribution is 5.96. The highest BCUT2D eigenvalue weighted by atomic mass is 16.8. The van der Waals surface area contributed by atoms with Crippen LogP contribution in [0.5, 0.6) is 0 Å². The number of quaternary nitrogens is 2. The normalized spacial score (nSPS) is 14.8. The number of rotatable bonds is 5. The van der Waals surface area contributed by atoms with Crippen LogP contribution in [0.15, 0.2) is 48.5 Å². The van der Waals surface area contributed by atoms with E-state index in [0.717, 1.165) is 11.6 Å². The standard InChI is InChI=1S/C15H17N3O5/c1-10(11-5-3-2-4-6-11)15(19)16-12-7-13(17(20)21)9-14(8-12)18(22)23/h2-10,17-18,20,22H,1H3,(H,16,19). The van der Waals surface area contributed by atoms with Crippen molar-refractivity contribution >= 4 is 23.0 Å². The number of hydrogen-bond acceptors (Lipinski definition) is 5. The molecule has 3 atom stereocenters. The Bertz CT molecular complexity index is 650. The van der Waals surface area contributed by atoms with Crippen molar-refractivity contribution < 1.29 is 25.7 Å². The van der Waals surface area contributed by atoms with Crippen LogP contribution in [0.4, 0.5) is 17.1 Å². The minimum absolute atomic E-state index is 0.134. The third-order valence-corrected chi connectivity index (χ3v) is 3.39. The molecule has 5 N–H and O–H groups in total. The zero-order valence-corrected chi connectivity index (χ0v) is 12.3. The van der Waals surface area contributed by atoms with E-state index in [9.17, 15) is 15.2 Å². The number of anilines is 1. The summed E-state index contributed by atoms with van der Waals surface area (Å²) in [5.41, 5.74) is 0.535. The molecular formula is C15H17N3O5. The first kappa shape index (κ1) is 17.0. The van der Waals surface area contributed by atoms with E-state index in [2.05, 4.69) is 5.32 Å². The van der Waals surface area contributed by atoms with Gasteiger partial charge in [0.2, 0.25) is 5.91 Å². The number of nitrogens with one attached hydrogen (secondary N) is 3. The molecule has 3 unspecified atom stereocenters. The molecule has 2 aromatic carbocycles. The molecule has 8 nitrogen and oxygen atoms in total. The van der Waals surface area contributed by atoms with Gasteiger partial charge in [-0.2, -0.15) is 10.5 Å². The van der Waals surface area contributed by atoms with E-state index in [1.165, 1.54) is 12.1 Å². The minimum atomic E-state index is -1.26. The predicted octanol–water partition coefficient (Wildman–Crippen LogP) is 0.236. The van der Waals surface area contributed by atoms with Crippen LogP contribution in [0.3, 0.4) is 0 Å². The molecule has 0 aromatic heterocycles. The van der Waals surface area contributed by atoms with Crippen LogP contribution in [-0.2, 0) is 4.79 Å². The fraction of sp³-hybridized carbons (Fsp3) is 0.133. The SMILES string of the molecule is CC(C(=O)Nc1cc([NH+]([O-])O)cc([NH+]([O-])O)c1)c1ccccc1. The fourth-order valence-electron chi connectivity index (χ4n) is 2.09. The number of amides is 1. The summed E-state index contributed by atoms with van der Waals surface area (Å²) in [6.45, 7) is 1.71. The van der Waals surface area contributed by atoms with Crippen molar-refractivity contribution in [1.82, 2.24) is 0 Å². The highest BCUT2D eigenvalue weighted by Gasteiger charge is 2.17. The average molecular weight is 319 g/mol. The highest BCUT2D eigenvalue weighted by Crippen LogP contribution is 2.21. The maximum atomic E-state index is 12.3. The molecule has 0 saturated carbocycles. The number of carbonyl (C=O) groups is 1. The van der Waals surface area contributed by atoms with Crippen molar-refractivity contribution in [3.8, 4) is 0 Å². The van der Waals surface area contributed by atoms with E-state index in [0.29, 0.717) is 0 Å². The van der Waals surface area contributed by atoms with Gasteiger partial charge in [-0.25, -0.2) is 10.4 Å². The lowest BCUT2D eigenvalue weighted by molar-refractivity contribution is -0.996. The molecule has 0 radical (unpaired) electrons. The van der Waals surface area contributed by atoms with Gasteiger partial charge in [0.25, 0.3) is 0 Å². The summed E-state index contributed by atoms with van der Waals surface area (Å²) in [5, 5.41) is 40.2. The molecule has 0 aliphatic carbocycles. The van der Waals surface area contributed by atoms with Crippen LogP contribution >= 0.6 is 0 Å². The Hall–Kier alpha value is -2.33. The van der Waals surface area contributed by atoms with Crippen LogP contribution in [-0.4, -0.2) is 16.3 Å². The van der Waals surface area contributed by atoms with E-state index >= 15 is 0 Å². The van der Waals surface area contributed by atoms with E-state index < -0.39 is 16.4 Å². The molecule has 2 rings (SSSR count). The van der Waals surface area contributed by atoms with Crippen LogP contribution < -0.4 is 15.8 Å². The number of carbonyl (C=O) groups excluding carboxylic acids is 1. The lowest BCUT2D eigenvalue weighted by Crippen LogP contribution is -3.00. The van der Waals surface area contributed by atoms with Gasteiger partial charge in [-0.15, -0.1) is 0 Å². The molecular weight excluding hydrogens is 302 g/mol. The van der Waals surface area contributed by atoms with Gasteiger partial charge in [-0.3, -0.25) is 4.79 Å². The van der Waals surface area contributed by atoms with E-state index in [1.54, 1.807) is 19.1 Å². The maximum absolute atomic E-state index is 12.3. The second-order valence-electron chi connectivity index (χ2n) is 5.03. The lowest BCUT2D eigenvalue weighted by Gasteiger charge is -2.18. The second kappa shape index (κ2) is 7.29. The van der Waals surface area contributed by atoms with Crippen molar-refractivity contribution in [2.45, 2.75) is 12.8 Å². The summed E-state index contributed by atoms with van der Waals surface area (Å²) >= 11 is 0. The third kappa shape index (κ3) is 4.33. The fourth-order valence-corrected chi connectivity index (χ4v) is 2.09. The van der Waals surface area contributed by atoms with E-state index in [-0.39, 0.29) is 23.0 Å². The Morgan fingerprint density at radius 2 is 1.57 bits per heavy atom. The molecule has 0 heterocycles. The first-order valence-corrected chi connectivity index (χ1v) is 6.86. The molecule has 0 spiro atoms. The monoisotopic (exact) mass is 319 g/mol. The summed E-state index contributed by atoms with van der Waals surface area (Å²) in [4.78, 5) is 12.3. The molecule has 0 fully saturated rings. The Kier molecular flexibility index (Phi) is 5.40. The summed E-state index contributed by atoms with van der Waals surface area (Å²) in [6, 6.07) is 12.6. The predicted molar refractivity (Wildman–Crippen MR) is 81.5 cm³/mol. The van der Waals surface area contributed by atoms with Crippen LogP contribution in [0.1, 0.15) is 18.4 Å². The van der Waals surface area contributed by atoms with Crippen LogP contribution in [0, 0.1) is 10.4 Å². The lowest BCUT2D eigenvalue weighted by atomic mass is 10.0. The maximum Gasteiger partial charge on any atom is 0.231 e. The Morgan fingerprint density at radius 1 is 1.04 bits per heavy atom.